The average molecular weight is 265 g/mol. The van der Waals surface area contributed by atoms with Gasteiger partial charge in [0.25, 0.3) is 0 Å². The largest absolute Gasteiger partial charge is 0.308 e. The van der Waals surface area contributed by atoms with Crippen LogP contribution < -0.4 is 5.32 Å². The molecule has 1 fully saturated rings. The minimum atomic E-state index is 0.664. The van der Waals surface area contributed by atoms with Gasteiger partial charge < -0.3 is 5.32 Å². The number of nitrogens with zero attached hydrogens (tertiary/aromatic N) is 2. The van der Waals surface area contributed by atoms with Crippen LogP contribution in [0.1, 0.15) is 31.7 Å². The maximum absolute atomic E-state index is 4.30. The monoisotopic (exact) mass is 265 g/mol. The molecule has 100 valence electrons. The molecule has 0 aliphatic carbocycles. The number of thiazole rings is 1. The van der Waals surface area contributed by atoms with Crippen molar-refractivity contribution in [1.29, 1.82) is 0 Å². The first-order valence-electron chi connectivity index (χ1n) is 6.71. The Morgan fingerprint density at radius 2 is 2.28 bits per heavy atom. The van der Waals surface area contributed by atoms with Gasteiger partial charge in [-0.05, 0) is 39.8 Å². The van der Waals surface area contributed by atoms with Gasteiger partial charge in [0.1, 0.15) is 5.01 Å². The van der Waals surface area contributed by atoms with Gasteiger partial charge in [-0.2, -0.15) is 0 Å². The standard InChI is InChI=1S/C14H23N3S/c1-12(2)3-7-17-8-4-13(5-9-17)16-11-14-15-6-10-18-14/h3,6,10,13,16H,4-5,7-9,11H2,1-2H3. The molecular formula is C14H23N3S. The summed E-state index contributed by atoms with van der Waals surface area (Å²) in [5.41, 5.74) is 1.42. The maximum Gasteiger partial charge on any atom is 0.106 e. The van der Waals surface area contributed by atoms with Gasteiger partial charge >= 0.3 is 0 Å². The molecule has 3 nitrogen and oxygen atoms in total. The number of allylic oxidation sites excluding steroid dienone is 1. The SMILES string of the molecule is CC(C)=CCN1CCC(NCc2nccs2)CC1. The van der Waals surface area contributed by atoms with Gasteiger partial charge in [-0.1, -0.05) is 11.6 Å². The summed E-state index contributed by atoms with van der Waals surface area (Å²) in [6, 6.07) is 0.664. The molecule has 0 saturated carbocycles. The number of hydrogen-bond donors (Lipinski definition) is 1. The van der Waals surface area contributed by atoms with Crippen molar-refractivity contribution in [3.8, 4) is 0 Å². The molecule has 1 saturated heterocycles. The quantitative estimate of drug-likeness (QED) is 0.830. The number of piperidine rings is 1. The second-order valence-corrected chi connectivity index (χ2v) is 6.14. The van der Waals surface area contributed by atoms with Gasteiger partial charge in [-0.3, -0.25) is 4.90 Å². The van der Waals surface area contributed by atoms with Crippen molar-refractivity contribution in [3.63, 3.8) is 0 Å². The number of likely N-dealkylation sites (tertiary alicyclic amines) is 1. The van der Waals surface area contributed by atoms with Crippen LogP contribution in [0.5, 0.6) is 0 Å². The van der Waals surface area contributed by atoms with Gasteiger partial charge in [0, 0.05) is 30.7 Å². The van der Waals surface area contributed by atoms with E-state index in [-0.39, 0.29) is 0 Å². The molecule has 0 aromatic carbocycles. The maximum atomic E-state index is 4.30. The van der Waals surface area contributed by atoms with E-state index < -0.39 is 0 Å². The van der Waals surface area contributed by atoms with Crippen LogP contribution in [0.15, 0.2) is 23.2 Å². The summed E-state index contributed by atoms with van der Waals surface area (Å²) in [5, 5.41) is 6.85. The molecule has 0 spiro atoms. The summed E-state index contributed by atoms with van der Waals surface area (Å²) in [4.78, 5) is 6.84. The first-order chi connectivity index (χ1) is 8.74. The summed E-state index contributed by atoms with van der Waals surface area (Å²) in [6.07, 6.45) is 6.71. The second-order valence-electron chi connectivity index (χ2n) is 5.16. The fraction of sp³-hybridized carbons (Fsp3) is 0.643. The Morgan fingerprint density at radius 3 is 2.89 bits per heavy atom. The van der Waals surface area contributed by atoms with E-state index in [9.17, 15) is 0 Å². The van der Waals surface area contributed by atoms with Crippen LogP contribution in [0.4, 0.5) is 0 Å². The summed E-state index contributed by atoms with van der Waals surface area (Å²) in [6.45, 7) is 8.79. The third kappa shape index (κ3) is 4.52. The van der Waals surface area contributed by atoms with E-state index in [4.69, 9.17) is 0 Å². The van der Waals surface area contributed by atoms with Crippen LogP contribution in [-0.4, -0.2) is 35.6 Å². The Bertz CT molecular complexity index is 360. The zero-order valence-electron chi connectivity index (χ0n) is 11.4. The fourth-order valence-corrected chi connectivity index (χ4v) is 2.77. The molecule has 1 aromatic heterocycles. The molecule has 1 aliphatic rings. The number of aromatic nitrogens is 1. The van der Waals surface area contributed by atoms with E-state index in [1.165, 1.54) is 36.5 Å². The van der Waals surface area contributed by atoms with Crippen molar-refractivity contribution in [1.82, 2.24) is 15.2 Å². The highest BCUT2D eigenvalue weighted by molar-refractivity contribution is 7.09. The van der Waals surface area contributed by atoms with Crippen molar-refractivity contribution in [2.75, 3.05) is 19.6 Å². The van der Waals surface area contributed by atoms with E-state index in [0.29, 0.717) is 6.04 Å². The number of nitrogens with one attached hydrogen (secondary N) is 1. The lowest BCUT2D eigenvalue weighted by molar-refractivity contribution is 0.214. The second kappa shape index (κ2) is 7.02. The molecule has 2 rings (SSSR count). The van der Waals surface area contributed by atoms with E-state index in [1.807, 2.05) is 11.6 Å². The van der Waals surface area contributed by atoms with Gasteiger partial charge in [0.15, 0.2) is 0 Å². The first-order valence-corrected chi connectivity index (χ1v) is 7.59. The van der Waals surface area contributed by atoms with E-state index in [1.54, 1.807) is 11.3 Å². The lowest BCUT2D eigenvalue weighted by atomic mass is 10.1. The summed E-state index contributed by atoms with van der Waals surface area (Å²) >= 11 is 1.73. The molecule has 4 heteroatoms. The van der Waals surface area contributed by atoms with Crippen molar-refractivity contribution >= 4 is 11.3 Å². The van der Waals surface area contributed by atoms with E-state index >= 15 is 0 Å². The zero-order chi connectivity index (χ0) is 12.8. The van der Waals surface area contributed by atoms with E-state index in [2.05, 4.69) is 35.1 Å². The minimum Gasteiger partial charge on any atom is -0.308 e. The summed E-state index contributed by atoms with van der Waals surface area (Å²) in [5.74, 6) is 0. The third-order valence-corrected chi connectivity index (χ3v) is 4.15. The van der Waals surface area contributed by atoms with Crippen LogP contribution in [0.2, 0.25) is 0 Å². The molecule has 0 amide bonds. The van der Waals surface area contributed by atoms with Gasteiger partial charge in [0.2, 0.25) is 0 Å². The van der Waals surface area contributed by atoms with Crippen LogP contribution in [0.3, 0.4) is 0 Å². The molecule has 0 atom stereocenters. The Labute approximate surface area is 114 Å². The number of rotatable bonds is 5. The van der Waals surface area contributed by atoms with Crippen molar-refractivity contribution < 1.29 is 0 Å². The molecule has 1 aliphatic heterocycles. The molecule has 0 radical (unpaired) electrons. The van der Waals surface area contributed by atoms with Crippen molar-refractivity contribution in [2.24, 2.45) is 0 Å². The van der Waals surface area contributed by atoms with Crippen LogP contribution >= 0.6 is 11.3 Å². The van der Waals surface area contributed by atoms with Gasteiger partial charge in [0.05, 0.1) is 0 Å². The summed E-state index contributed by atoms with van der Waals surface area (Å²) in [7, 11) is 0. The topological polar surface area (TPSA) is 28.2 Å². The Kier molecular flexibility index (Phi) is 5.35. The van der Waals surface area contributed by atoms with Crippen LogP contribution in [0, 0.1) is 0 Å². The molecule has 0 bridgehead atoms. The molecule has 2 heterocycles. The Balaban J connectivity index is 1.65. The smallest absolute Gasteiger partial charge is 0.106 e. The highest BCUT2D eigenvalue weighted by Crippen LogP contribution is 2.12. The first kappa shape index (κ1) is 13.7. The van der Waals surface area contributed by atoms with Gasteiger partial charge in [-0.25, -0.2) is 4.98 Å². The lowest BCUT2D eigenvalue weighted by Gasteiger charge is -2.31. The predicted octanol–water partition coefficient (Wildman–Crippen LogP) is 2.66. The van der Waals surface area contributed by atoms with Crippen molar-refractivity contribution in [2.45, 2.75) is 39.3 Å². The fourth-order valence-electron chi connectivity index (χ4n) is 2.20. The lowest BCUT2D eigenvalue weighted by Crippen LogP contribution is -2.42. The molecular weight excluding hydrogens is 242 g/mol. The molecule has 1 N–H and O–H groups in total. The number of hydrogen-bond acceptors (Lipinski definition) is 4. The Morgan fingerprint density at radius 1 is 1.50 bits per heavy atom. The minimum absolute atomic E-state index is 0.664. The zero-order valence-corrected chi connectivity index (χ0v) is 12.2. The highest BCUT2D eigenvalue weighted by atomic mass is 32.1. The predicted molar refractivity (Wildman–Crippen MR) is 77.8 cm³/mol. The Hall–Kier alpha value is -0.710. The molecule has 0 unspecified atom stereocenters. The normalized spacial score (nSPS) is 17.9. The van der Waals surface area contributed by atoms with Crippen LogP contribution in [0.25, 0.3) is 0 Å². The van der Waals surface area contributed by atoms with Crippen LogP contribution in [-0.2, 0) is 6.54 Å². The van der Waals surface area contributed by atoms with Gasteiger partial charge in [-0.15, -0.1) is 11.3 Å². The third-order valence-electron chi connectivity index (χ3n) is 3.37. The van der Waals surface area contributed by atoms with Crippen molar-refractivity contribution in [3.05, 3.63) is 28.2 Å². The molecule has 1 aromatic rings. The highest BCUT2D eigenvalue weighted by Gasteiger charge is 2.17. The molecule has 18 heavy (non-hydrogen) atoms. The summed E-state index contributed by atoms with van der Waals surface area (Å²) < 4.78 is 0. The average Bonchev–Trinajstić information content (AvgIpc) is 2.88. The van der Waals surface area contributed by atoms with E-state index in [0.717, 1.165) is 13.1 Å².